The molecule has 0 unspecified atom stereocenters. The fourth-order valence-electron chi connectivity index (χ4n) is 1.96. The van der Waals surface area contributed by atoms with Crippen LogP contribution in [0.3, 0.4) is 0 Å². The minimum absolute atomic E-state index is 0.623. The van der Waals surface area contributed by atoms with Crippen LogP contribution in [-0.2, 0) is 0 Å². The summed E-state index contributed by atoms with van der Waals surface area (Å²) >= 11 is 3.50. The molecule has 0 aliphatic heterocycles. The Morgan fingerprint density at radius 3 is 2.77 bits per heavy atom. The first-order valence-corrected chi connectivity index (χ1v) is 5.48. The molecule has 1 aromatic heterocycles. The molecule has 2 N–H and O–H groups in total. The highest BCUT2D eigenvalue weighted by Gasteiger charge is 2.21. The second kappa shape index (κ2) is 3.66. The topological polar surface area (TPSA) is 38.9 Å². The van der Waals surface area contributed by atoms with Gasteiger partial charge in [0.1, 0.15) is 0 Å². The predicted molar refractivity (Wildman–Crippen MR) is 57.6 cm³/mol. The van der Waals surface area contributed by atoms with Crippen LogP contribution in [-0.4, -0.2) is 4.98 Å². The van der Waals surface area contributed by atoms with E-state index in [1.165, 1.54) is 25.7 Å². The summed E-state index contributed by atoms with van der Waals surface area (Å²) in [6.45, 7) is 0. The molecule has 0 bridgehead atoms. The standard InChI is InChI=1S/C10H13BrN2/c11-9-8(12)5-6-13-10(9)7-3-1-2-4-7/h5-7H,1-4H2,(H2,12,13). The Bertz CT molecular complexity index is 306. The Balaban J connectivity index is 2.33. The first-order valence-electron chi connectivity index (χ1n) is 4.69. The van der Waals surface area contributed by atoms with Crippen molar-refractivity contribution in [2.45, 2.75) is 31.6 Å². The van der Waals surface area contributed by atoms with Crippen LogP contribution in [0.15, 0.2) is 16.7 Å². The maximum absolute atomic E-state index is 5.80. The third-order valence-corrected chi connectivity index (χ3v) is 3.55. The van der Waals surface area contributed by atoms with E-state index in [9.17, 15) is 0 Å². The molecule has 1 heterocycles. The molecule has 2 nitrogen and oxygen atoms in total. The maximum atomic E-state index is 5.80. The number of rotatable bonds is 1. The van der Waals surface area contributed by atoms with Gasteiger partial charge in [0, 0.05) is 17.8 Å². The summed E-state index contributed by atoms with van der Waals surface area (Å²) in [4.78, 5) is 4.39. The van der Waals surface area contributed by atoms with Crippen molar-refractivity contribution in [3.8, 4) is 0 Å². The fourth-order valence-corrected chi connectivity index (χ4v) is 2.52. The normalized spacial score (nSPS) is 17.9. The molecule has 1 saturated carbocycles. The second-order valence-electron chi connectivity index (χ2n) is 3.58. The van der Waals surface area contributed by atoms with Crippen LogP contribution in [0.5, 0.6) is 0 Å². The molecule has 3 heteroatoms. The SMILES string of the molecule is Nc1ccnc(C2CCCC2)c1Br. The summed E-state index contributed by atoms with van der Waals surface area (Å²) in [6.07, 6.45) is 6.97. The van der Waals surface area contributed by atoms with Gasteiger partial charge in [0.25, 0.3) is 0 Å². The number of anilines is 1. The van der Waals surface area contributed by atoms with Crippen LogP contribution in [0.25, 0.3) is 0 Å². The molecule has 13 heavy (non-hydrogen) atoms. The van der Waals surface area contributed by atoms with Gasteiger partial charge in [-0.2, -0.15) is 0 Å². The zero-order valence-corrected chi connectivity index (χ0v) is 9.05. The molecule has 1 aliphatic rings. The van der Waals surface area contributed by atoms with Crippen molar-refractivity contribution < 1.29 is 0 Å². The summed E-state index contributed by atoms with van der Waals surface area (Å²) in [7, 11) is 0. The quantitative estimate of drug-likeness (QED) is 0.820. The molecule has 0 saturated heterocycles. The van der Waals surface area contributed by atoms with E-state index in [1.54, 1.807) is 6.20 Å². The van der Waals surface area contributed by atoms with E-state index in [2.05, 4.69) is 20.9 Å². The average Bonchev–Trinajstić information content (AvgIpc) is 2.62. The summed E-state index contributed by atoms with van der Waals surface area (Å²) in [6, 6.07) is 1.84. The first kappa shape index (κ1) is 9.00. The monoisotopic (exact) mass is 240 g/mol. The second-order valence-corrected chi connectivity index (χ2v) is 4.37. The number of aromatic nitrogens is 1. The molecule has 0 amide bonds. The van der Waals surface area contributed by atoms with Crippen molar-refractivity contribution in [2.75, 3.05) is 5.73 Å². The van der Waals surface area contributed by atoms with E-state index in [1.807, 2.05) is 6.07 Å². The van der Waals surface area contributed by atoms with Crippen LogP contribution < -0.4 is 5.73 Å². The lowest BCUT2D eigenvalue weighted by atomic mass is 10.0. The van der Waals surface area contributed by atoms with Crippen molar-refractivity contribution in [2.24, 2.45) is 0 Å². The Hall–Kier alpha value is -0.570. The van der Waals surface area contributed by atoms with Gasteiger partial charge in [-0.05, 0) is 34.8 Å². The number of nitrogens with zero attached hydrogens (tertiary/aromatic N) is 1. The number of hydrogen-bond acceptors (Lipinski definition) is 2. The van der Waals surface area contributed by atoms with E-state index >= 15 is 0 Å². The van der Waals surface area contributed by atoms with Gasteiger partial charge in [0.15, 0.2) is 0 Å². The molecule has 0 atom stereocenters. The van der Waals surface area contributed by atoms with Gasteiger partial charge in [0.2, 0.25) is 0 Å². The average molecular weight is 241 g/mol. The molecule has 70 valence electrons. The van der Waals surface area contributed by atoms with Crippen LogP contribution in [0.1, 0.15) is 37.3 Å². The fraction of sp³-hybridized carbons (Fsp3) is 0.500. The number of pyridine rings is 1. The molecule has 0 radical (unpaired) electrons. The molecule has 1 aromatic rings. The Morgan fingerprint density at radius 1 is 1.38 bits per heavy atom. The first-order chi connectivity index (χ1) is 6.29. The molecule has 1 fully saturated rings. The Labute approximate surface area is 86.7 Å². The minimum atomic E-state index is 0.623. The minimum Gasteiger partial charge on any atom is -0.398 e. The van der Waals surface area contributed by atoms with Crippen LogP contribution in [0.2, 0.25) is 0 Å². The largest absolute Gasteiger partial charge is 0.398 e. The van der Waals surface area contributed by atoms with Gasteiger partial charge in [-0.3, -0.25) is 4.98 Å². The van der Waals surface area contributed by atoms with Crippen molar-refractivity contribution in [1.82, 2.24) is 4.98 Å². The number of hydrogen-bond donors (Lipinski definition) is 1. The molecular weight excluding hydrogens is 228 g/mol. The summed E-state index contributed by atoms with van der Waals surface area (Å²) in [5.41, 5.74) is 7.75. The predicted octanol–water partition coefficient (Wildman–Crippen LogP) is 3.08. The lowest BCUT2D eigenvalue weighted by Crippen LogP contribution is -2.00. The van der Waals surface area contributed by atoms with E-state index in [0.29, 0.717) is 5.92 Å². The van der Waals surface area contributed by atoms with Gasteiger partial charge in [-0.25, -0.2) is 0 Å². The van der Waals surface area contributed by atoms with Crippen LogP contribution in [0, 0.1) is 0 Å². The summed E-state index contributed by atoms with van der Waals surface area (Å²) in [5.74, 6) is 0.623. The number of nitrogen functional groups attached to an aromatic ring is 1. The Kier molecular flexibility index (Phi) is 2.54. The number of nitrogens with two attached hydrogens (primary N) is 1. The van der Waals surface area contributed by atoms with Gasteiger partial charge < -0.3 is 5.73 Å². The highest BCUT2D eigenvalue weighted by Crippen LogP contribution is 2.37. The van der Waals surface area contributed by atoms with Gasteiger partial charge in [-0.15, -0.1) is 0 Å². The highest BCUT2D eigenvalue weighted by molar-refractivity contribution is 9.10. The van der Waals surface area contributed by atoms with Crippen molar-refractivity contribution in [1.29, 1.82) is 0 Å². The molecule has 0 aromatic carbocycles. The lowest BCUT2D eigenvalue weighted by Gasteiger charge is -2.11. The maximum Gasteiger partial charge on any atom is 0.0623 e. The molecular formula is C10H13BrN2. The summed E-state index contributed by atoms with van der Waals surface area (Å²) < 4.78 is 1.00. The number of halogens is 1. The van der Waals surface area contributed by atoms with Gasteiger partial charge in [-0.1, -0.05) is 12.8 Å². The highest BCUT2D eigenvalue weighted by atomic mass is 79.9. The zero-order valence-electron chi connectivity index (χ0n) is 7.46. The van der Waals surface area contributed by atoms with Crippen LogP contribution >= 0.6 is 15.9 Å². The zero-order chi connectivity index (χ0) is 9.26. The van der Waals surface area contributed by atoms with Crippen molar-refractivity contribution in [3.05, 3.63) is 22.4 Å². The third kappa shape index (κ3) is 1.70. The van der Waals surface area contributed by atoms with Crippen molar-refractivity contribution >= 4 is 21.6 Å². The van der Waals surface area contributed by atoms with Crippen molar-refractivity contribution in [3.63, 3.8) is 0 Å². The molecule has 1 aliphatic carbocycles. The molecule has 2 rings (SSSR count). The Morgan fingerprint density at radius 2 is 2.08 bits per heavy atom. The molecule has 0 spiro atoms. The van der Waals surface area contributed by atoms with E-state index in [-0.39, 0.29) is 0 Å². The lowest BCUT2D eigenvalue weighted by molar-refractivity contribution is 0.694. The van der Waals surface area contributed by atoms with Gasteiger partial charge in [0.05, 0.1) is 10.2 Å². The smallest absolute Gasteiger partial charge is 0.0623 e. The van der Waals surface area contributed by atoms with Crippen LogP contribution in [0.4, 0.5) is 5.69 Å². The van der Waals surface area contributed by atoms with Gasteiger partial charge >= 0.3 is 0 Å². The third-order valence-electron chi connectivity index (χ3n) is 2.69. The van der Waals surface area contributed by atoms with E-state index in [0.717, 1.165) is 15.9 Å². The summed E-state index contributed by atoms with van der Waals surface area (Å²) in [5, 5.41) is 0. The van der Waals surface area contributed by atoms with E-state index in [4.69, 9.17) is 5.73 Å². The van der Waals surface area contributed by atoms with E-state index < -0.39 is 0 Å².